The number of rotatable bonds is 2. The average molecular weight is 374 g/mol. The Morgan fingerprint density at radius 1 is 1.38 bits per heavy atom. The molecule has 5 heteroatoms. The summed E-state index contributed by atoms with van der Waals surface area (Å²) in [7, 11) is 0. The molecule has 2 N–H and O–H groups in total. The maximum absolute atomic E-state index is 14.3. The first-order chi connectivity index (χ1) is 10.1. The van der Waals surface area contributed by atoms with Gasteiger partial charge in [-0.1, -0.05) is 12.1 Å². The van der Waals surface area contributed by atoms with Gasteiger partial charge in [0.05, 0.1) is 10.1 Å². The van der Waals surface area contributed by atoms with E-state index >= 15 is 0 Å². The van der Waals surface area contributed by atoms with Crippen LogP contribution in [-0.2, 0) is 4.74 Å². The van der Waals surface area contributed by atoms with E-state index in [-0.39, 0.29) is 17.5 Å². The van der Waals surface area contributed by atoms with Crippen molar-refractivity contribution in [1.82, 2.24) is 0 Å². The summed E-state index contributed by atoms with van der Waals surface area (Å²) < 4.78 is 20.9. The molecule has 2 atom stereocenters. The summed E-state index contributed by atoms with van der Waals surface area (Å²) in [6, 6.07) is 5.13. The van der Waals surface area contributed by atoms with Gasteiger partial charge in [0.25, 0.3) is 0 Å². The Labute approximate surface area is 138 Å². The van der Waals surface area contributed by atoms with E-state index in [1.165, 1.54) is 0 Å². The molecule has 2 aliphatic heterocycles. The molecule has 0 bridgehead atoms. The Kier molecular flexibility index (Phi) is 4.94. The van der Waals surface area contributed by atoms with Gasteiger partial charge in [-0.25, -0.2) is 4.39 Å². The SMILES string of the molecule is NC(c1cccc(Br)c1F)C1CCOC2(CCSCC2)C1. The monoisotopic (exact) mass is 373 g/mol. The molecule has 116 valence electrons. The van der Waals surface area contributed by atoms with Crippen LogP contribution in [0.3, 0.4) is 0 Å². The normalized spacial score (nSPS) is 26.7. The second-order valence-electron chi connectivity index (χ2n) is 6.07. The van der Waals surface area contributed by atoms with Gasteiger partial charge in [0.2, 0.25) is 0 Å². The lowest BCUT2D eigenvalue weighted by Gasteiger charge is -2.44. The molecule has 0 amide bonds. The smallest absolute Gasteiger partial charge is 0.142 e. The predicted molar refractivity (Wildman–Crippen MR) is 89.0 cm³/mol. The van der Waals surface area contributed by atoms with Gasteiger partial charge in [-0.05, 0) is 65.1 Å². The van der Waals surface area contributed by atoms with Gasteiger partial charge in [-0.3, -0.25) is 0 Å². The average Bonchev–Trinajstić information content (AvgIpc) is 2.50. The van der Waals surface area contributed by atoms with Gasteiger partial charge in [-0.15, -0.1) is 0 Å². The molecule has 2 fully saturated rings. The fourth-order valence-electron chi connectivity index (χ4n) is 3.50. The van der Waals surface area contributed by atoms with Crippen LogP contribution in [0, 0.1) is 11.7 Å². The van der Waals surface area contributed by atoms with E-state index in [0.29, 0.717) is 16.0 Å². The molecule has 2 saturated heterocycles. The van der Waals surface area contributed by atoms with Crippen LogP contribution in [0.2, 0.25) is 0 Å². The summed E-state index contributed by atoms with van der Waals surface area (Å²) in [5.74, 6) is 2.40. The number of ether oxygens (including phenoxy) is 1. The van der Waals surface area contributed by atoms with Crippen molar-refractivity contribution in [2.75, 3.05) is 18.1 Å². The van der Waals surface area contributed by atoms with Crippen LogP contribution in [0.15, 0.2) is 22.7 Å². The lowest BCUT2D eigenvalue weighted by Crippen LogP contribution is -2.45. The zero-order valence-corrected chi connectivity index (χ0v) is 14.4. The number of halogens is 2. The maximum Gasteiger partial charge on any atom is 0.142 e. The standard InChI is InChI=1S/C16H21BrFNOS/c17-13-3-1-2-12(14(13)18)15(19)11-4-7-20-16(10-11)5-8-21-9-6-16/h1-3,11,15H,4-10,19H2. The lowest BCUT2D eigenvalue weighted by atomic mass is 9.77. The third-order valence-corrected chi connectivity index (χ3v) is 6.38. The highest BCUT2D eigenvalue weighted by Crippen LogP contribution is 2.43. The van der Waals surface area contributed by atoms with Crippen molar-refractivity contribution in [3.05, 3.63) is 34.1 Å². The number of thioether (sulfide) groups is 1. The van der Waals surface area contributed by atoms with E-state index in [9.17, 15) is 4.39 Å². The van der Waals surface area contributed by atoms with Crippen LogP contribution >= 0.6 is 27.7 Å². The zero-order valence-electron chi connectivity index (χ0n) is 12.0. The van der Waals surface area contributed by atoms with Crippen molar-refractivity contribution in [1.29, 1.82) is 0 Å². The summed E-state index contributed by atoms with van der Waals surface area (Å²) in [6.45, 7) is 0.749. The van der Waals surface area contributed by atoms with Gasteiger partial charge < -0.3 is 10.5 Å². The first-order valence-corrected chi connectivity index (χ1v) is 9.47. The summed E-state index contributed by atoms with van der Waals surface area (Å²) in [5, 5.41) is 0. The van der Waals surface area contributed by atoms with Gasteiger partial charge in [0, 0.05) is 18.2 Å². The first kappa shape index (κ1) is 15.8. The fourth-order valence-corrected chi connectivity index (χ4v) is 5.11. The van der Waals surface area contributed by atoms with Crippen molar-refractivity contribution < 1.29 is 9.13 Å². The molecule has 1 spiro atoms. The fraction of sp³-hybridized carbons (Fsp3) is 0.625. The summed E-state index contributed by atoms with van der Waals surface area (Å²) in [4.78, 5) is 0. The Balaban J connectivity index is 1.78. The van der Waals surface area contributed by atoms with Gasteiger partial charge >= 0.3 is 0 Å². The van der Waals surface area contributed by atoms with Crippen LogP contribution in [0.1, 0.15) is 37.3 Å². The first-order valence-electron chi connectivity index (χ1n) is 7.52. The number of benzene rings is 1. The minimum Gasteiger partial charge on any atom is -0.375 e. The van der Waals surface area contributed by atoms with Crippen molar-refractivity contribution >= 4 is 27.7 Å². The van der Waals surface area contributed by atoms with Crippen molar-refractivity contribution in [3.8, 4) is 0 Å². The van der Waals surface area contributed by atoms with Crippen LogP contribution < -0.4 is 5.73 Å². The quantitative estimate of drug-likeness (QED) is 0.839. The van der Waals surface area contributed by atoms with Gasteiger partial charge in [0.15, 0.2) is 0 Å². The molecule has 2 heterocycles. The largest absolute Gasteiger partial charge is 0.375 e. The topological polar surface area (TPSA) is 35.2 Å². The number of hydrogen-bond acceptors (Lipinski definition) is 3. The second kappa shape index (κ2) is 6.57. The number of hydrogen-bond donors (Lipinski definition) is 1. The molecular weight excluding hydrogens is 353 g/mol. The van der Waals surface area contributed by atoms with Crippen LogP contribution in [0.5, 0.6) is 0 Å². The highest BCUT2D eigenvalue weighted by molar-refractivity contribution is 9.10. The minimum atomic E-state index is -0.252. The summed E-state index contributed by atoms with van der Waals surface area (Å²) in [5.41, 5.74) is 7.02. The highest BCUT2D eigenvalue weighted by Gasteiger charge is 2.41. The molecule has 0 aromatic heterocycles. The third kappa shape index (κ3) is 3.31. The van der Waals surface area contributed by atoms with E-state index in [1.807, 2.05) is 23.9 Å². The van der Waals surface area contributed by atoms with E-state index < -0.39 is 0 Å². The molecule has 2 nitrogen and oxygen atoms in total. The molecule has 0 saturated carbocycles. The van der Waals surface area contributed by atoms with Crippen LogP contribution in [-0.4, -0.2) is 23.7 Å². The van der Waals surface area contributed by atoms with E-state index in [4.69, 9.17) is 10.5 Å². The molecule has 0 radical (unpaired) electrons. The molecule has 21 heavy (non-hydrogen) atoms. The van der Waals surface area contributed by atoms with E-state index in [0.717, 1.165) is 43.8 Å². The molecule has 1 aromatic rings. The Morgan fingerprint density at radius 3 is 2.90 bits per heavy atom. The maximum atomic E-state index is 14.3. The lowest BCUT2D eigenvalue weighted by molar-refractivity contribution is -0.106. The van der Waals surface area contributed by atoms with Crippen LogP contribution in [0.4, 0.5) is 4.39 Å². The molecular formula is C16H21BrFNOS. The number of nitrogens with two attached hydrogens (primary N) is 1. The van der Waals surface area contributed by atoms with Crippen molar-refractivity contribution in [3.63, 3.8) is 0 Å². The molecule has 2 unspecified atom stereocenters. The minimum absolute atomic E-state index is 0.00568. The van der Waals surface area contributed by atoms with Gasteiger partial charge in [-0.2, -0.15) is 11.8 Å². The highest BCUT2D eigenvalue weighted by atomic mass is 79.9. The zero-order chi connectivity index (χ0) is 14.9. The van der Waals surface area contributed by atoms with Gasteiger partial charge in [0.1, 0.15) is 5.82 Å². The van der Waals surface area contributed by atoms with E-state index in [1.54, 1.807) is 6.07 Å². The predicted octanol–water partition coefficient (Wildman–Crippen LogP) is 4.28. The van der Waals surface area contributed by atoms with E-state index in [2.05, 4.69) is 15.9 Å². The Hall–Kier alpha value is -0.100. The van der Waals surface area contributed by atoms with Crippen LogP contribution in [0.25, 0.3) is 0 Å². The molecule has 1 aromatic carbocycles. The Bertz CT molecular complexity index is 502. The second-order valence-corrected chi connectivity index (χ2v) is 8.14. The molecule has 2 aliphatic rings. The van der Waals surface area contributed by atoms with Crippen molar-refractivity contribution in [2.45, 2.75) is 37.3 Å². The molecule has 3 rings (SSSR count). The molecule has 0 aliphatic carbocycles. The van der Waals surface area contributed by atoms with Crippen molar-refractivity contribution in [2.24, 2.45) is 11.7 Å². The third-order valence-electron chi connectivity index (χ3n) is 4.78. The summed E-state index contributed by atoms with van der Waals surface area (Å²) in [6.07, 6.45) is 4.08. The Morgan fingerprint density at radius 2 is 2.14 bits per heavy atom. The summed E-state index contributed by atoms with van der Waals surface area (Å²) >= 11 is 5.25.